The smallest absolute Gasteiger partial charge is 0.263 e. The van der Waals surface area contributed by atoms with Crippen LogP contribution < -0.4 is 9.46 Å². The van der Waals surface area contributed by atoms with Gasteiger partial charge in [-0.2, -0.15) is 0 Å². The van der Waals surface area contributed by atoms with E-state index in [2.05, 4.69) is 4.72 Å². The van der Waals surface area contributed by atoms with Crippen molar-refractivity contribution >= 4 is 38.9 Å². The van der Waals surface area contributed by atoms with Crippen LogP contribution in [0.5, 0.6) is 5.75 Å². The Kier molecular flexibility index (Phi) is 4.66. The van der Waals surface area contributed by atoms with Crippen LogP contribution in [0.15, 0.2) is 41.3 Å². The predicted octanol–water partition coefficient (Wildman–Crippen LogP) is 4.11. The molecule has 2 rings (SSSR count). The Balaban J connectivity index is 2.35. The summed E-state index contributed by atoms with van der Waals surface area (Å²) in [7, 11) is -2.25. The molecular weight excluding hydrogens is 333 g/mol. The quantitative estimate of drug-likeness (QED) is 0.906. The summed E-state index contributed by atoms with van der Waals surface area (Å²) in [5.41, 5.74) is 1.05. The predicted molar refractivity (Wildman–Crippen MR) is 85.0 cm³/mol. The van der Waals surface area contributed by atoms with Crippen molar-refractivity contribution in [3.05, 3.63) is 52.0 Å². The van der Waals surface area contributed by atoms with Crippen molar-refractivity contribution < 1.29 is 13.2 Å². The summed E-state index contributed by atoms with van der Waals surface area (Å²) in [6.45, 7) is 1.71. The third kappa shape index (κ3) is 3.61. The van der Waals surface area contributed by atoms with Gasteiger partial charge in [-0.05, 0) is 48.9 Å². The summed E-state index contributed by atoms with van der Waals surface area (Å²) < 4.78 is 32.2. The van der Waals surface area contributed by atoms with Gasteiger partial charge in [-0.3, -0.25) is 4.72 Å². The van der Waals surface area contributed by atoms with Gasteiger partial charge in [-0.25, -0.2) is 8.42 Å². The summed E-state index contributed by atoms with van der Waals surface area (Å²) in [6.07, 6.45) is 0. The van der Waals surface area contributed by atoms with E-state index >= 15 is 0 Å². The normalized spacial score (nSPS) is 11.2. The van der Waals surface area contributed by atoms with E-state index in [9.17, 15) is 8.42 Å². The summed E-state index contributed by atoms with van der Waals surface area (Å²) in [6, 6.07) is 9.39. The lowest BCUT2D eigenvalue weighted by atomic mass is 10.2. The zero-order valence-corrected chi connectivity index (χ0v) is 13.7. The Morgan fingerprint density at radius 3 is 2.24 bits per heavy atom. The Morgan fingerprint density at radius 1 is 1.05 bits per heavy atom. The summed E-state index contributed by atoms with van der Waals surface area (Å²) in [4.78, 5) is -0.0121. The molecule has 0 aliphatic carbocycles. The molecule has 0 bridgehead atoms. The number of hydrogen-bond donors (Lipinski definition) is 1. The molecular formula is C14H13Cl2NO3S. The van der Waals surface area contributed by atoms with E-state index in [0.717, 1.165) is 0 Å². The van der Waals surface area contributed by atoms with E-state index in [1.165, 1.54) is 19.2 Å². The van der Waals surface area contributed by atoms with Gasteiger partial charge in [0.15, 0.2) is 0 Å². The Labute approximate surface area is 133 Å². The fraction of sp³-hybridized carbons (Fsp3) is 0.143. The van der Waals surface area contributed by atoms with Crippen LogP contribution in [0.3, 0.4) is 0 Å². The lowest BCUT2D eigenvalue weighted by Crippen LogP contribution is -2.13. The molecule has 0 atom stereocenters. The van der Waals surface area contributed by atoms with Crippen LogP contribution in [0.2, 0.25) is 10.0 Å². The Hall–Kier alpha value is -1.43. The number of anilines is 1. The van der Waals surface area contributed by atoms with Gasteiger partial charge in [0, 0.05) is 10.7 Å². The molecule has 0 spiro atoms. The molecule has 0 fully saturated rings. The highest BCUT2D eigenvalue weighted by atomic mass is 35.5. The van der Waals surface area contributed by atoms with Gasteiger partial charge in [-0.15, -0.1) is 0 Å². The van der Waals surface area contributed by atoms with E-state index in [-0.39, 0.29) is 9.92 Å². The molecule has 0 aliphatic rings. The molecule has 0 amide bonds. The second-order valence-electron chi connectivity index (χ2n) is 4.37. The molecule has 1 N–H and O–H groups in total. The number of halogens is 2. The molecule has 21 heavy (non-hydrogen) atoms. The molecule has 4 nitrogen and oxygen atoms in total. The van der Waals surface area contributed by atoms with Crippen LogP contribution in [-0.2, 0) is 10.0 Å². The van der Waals surface area contributed by atoms with Gasteiger partial charge in [0.1, 0.15) is 10.6 Å². The second-order valence-corrected chi connectivity index (χ2v) is 6.83. The van der Waals surface area contributed by atoms with E-state index in [4.69, 9.17) is 27.9 Å². The third-order valence-electron chi connectivity index (χ3n) is 2.84. The van der Waals surface area contributed by atoms with Gasteiger partial charge in [0.05, 0.1) is 12.1 Å². The van der Waals surface area contributed by atoms with Crippen LogP contribution >= 0.6 is 23.2 Å². The molecule has 2 aromatic carbocycles. The first kappa shape index (κ1) is 15.9. The first-order chi connectivity index (χ1) is 9.83. The lowest BCUT2D eigenvalue weighted by Gasteiger charge is -2.11. The summed E-state index contributed by atoms with van der Waals surface area (Å²) in [5.74, 6) is 0.637. The molecule has 0 radical (unpaired) electrons. The maximum absolute atomic E-state index is 12.4. The van der Waals surface area contributed by atoms with E-state index in [1.807, 2.05) is 0 Å². The topological polar surface area (TPSA) is 55.4 Å². The number of ether oxygens (including phenoxy) is 1. The number of benzene rings is 2. The summed E-state index contributed by atoms with van der Waals surface area (Å²) in [5, 5.41) is 0.495. The van der Waals surface area contributed by atoms with E-state index in [1.54, 1.807) is 31.2 Å². The maximum Gasteiger partial charge on any atom is 0.263 e. The maximum atomic E-state index is 12.4. The number of rotatable bonds is 4. The number of aryl methyl sites for hydroxylation is 1. The highest BCUT2D eigenvalue weighted by Crippen LogP contribution is 2.29. The van der Waals surface area contributed by atoms with Crippen LogP contribution in [0.4, 0.5) is 5.69 Å². The second kappa shape index (κ2) is 6.13. The zero-order chi connectivity index (χ0) is 15.6. The number of hydrogen-bond acceptors (Lipinski definition) is 3. The van der Waals surface area contributed by atoms with Crippen molar-refractivity contribution in [1.82, 2.24) is 0 Å². The average Bonchev–Trinajstić information content (AvgIpc) is 2.43. The SMILES string of the molecule is COc1ccc(NS(=O)(=O)c2cc(C)c(Cl)cc2Cl)cc1. The first-order valence-electron chi connectivity index (χ1n) is 5.96. The molecule has 0 unspecified atom stereocenters. The van der Waals surface area contributed by atoms with Crippen molar-refractivity contribution in [2.45, 2.75) is 11.8 Å². The minimum Gasteiger partial charge on any atom is -0.497 e. The van der Waals surface area contributed by atoms with Crippen molar-refractivity contribution in [3.63, 3.8) is 0 Å². The number of sulfonamides is 1. The van der Waals surface area contributed by atoms with Crippen LogP contribution in [0.1, 0.15) is 5.56 Å². The standard InChI is InChI=1S/C14H13Cl2NO3S/c1-9-7-14(13(16)8-12(9)15)21(18,19)17-10-3-5-11(20-2)6-4-10/h3-8,17H,1-2H3. The van der Waals surface area contributed by atoms with Crippen molar-refractivity contribution in [2.75, 3.05) is 11.8 Å². The molecule has 0 saturated heterocycles. The number of methoxy groups -OCH3 is 1. The molecule has 112 valence electrons. The Morgan fingerprint density at radius 2 is 1.67 bits per heavy atom. The van der Waals surface area contributed by atoms with Crippen LogP contribution in [0.25, 0.3) is 0 Å². The van der Waals surface area contributed by atoms with Gasteiger partial charge >= 0.3 is 0 Å². The van der Waals surface area contributed by atoms with Crippen molar-refractivity contribution in [1.29, 1.82) is 0 Å². The molecule has 0 saturated carbocycles. The fourth-order valence-electron chi connectivity index (χ4n) is 1.71. The minimum absolute atomic E-state index is 0.0121. The first-order valence-corrected chi connectivity index (χ1v) is 8.20. The molecule has 7 heteroatoms. The molecule has 2 aromatic rings. The average molecular weight is 346 g/mol. The molecule has 0 aliphatic heterocycles. The Bertz CT molecular complexity index is 759. The van der Waals surface area contributed by atoms with Crippen molar-refractivity contribution in [3.8, 4) is 5.75 Å². The minimum atomic E-state index is -3.78. The van der Waals surface area contributed by atoms with E-state index in [0.29, 0.717) is 22.0 Å². The van der Waals surface area contributed by atoms with Crippen LogP contribution in [-0.4, -0.2) is 15.5 Å². The largest absolute Gasteiger partial charge is 0.497 e. The van der Waals surface area contributed by atoms with Gasteiger partial charge in [-0.1, -0.05) is 23.2 Å². The van der Waals surface area contributed by atoms with Crippen LogP contribution in [0, 0.1) is 6.92 Å². The number of nitrogens with one attached hydrogen (secondary N) is 1. The fourth-order valence-corrected chi connectivity index (χ4v) is 3.60. The van der Waals surface area contributed by atoms with Gasteiger partial charge < -0.3 is 4.74 Å². The third-order valence-corrected chi connectivity index (χ3v) is 5.10. The monoisotopic (exact) mass is 345 g/mol. The zero-order valence-electron chi connectivity index (χ0n) is 11.4. The van der Waals surface area contributed by atoms with Gasteiger partial charge in [0.2, 0.25) is 0 Å². The highest BCUT2D eigenvalue weighted by molar-refractivity contribution is 7.92. The van der Waals surface area contributed by atoms with Gasteiger partial charge in [0.25, 0.3) is 10.0 Å². The van der Waals surface area contributed by atoms with E-state index < -0.39 is 10.0 Å². The lowest BCUT2D eigenvalue weighted by molar-refractivity contribution is 0.415. The summed E-state index contributed by atoms with van der Waals surface area (Å²) >= 11 is 11.9. The highest BCUT2D eigenvalue weighted by Gasteiger charge is 2.19. The molecule has 0 aromatic heterocycles. The molecule has 0 heterocycles. The van der Waals surface area contributed by atoms with Crippen molar-refractivity contribution in [2.24, 2.45) is 0 Å².